The third-order valence-electron chi connectivity index (χ3n) is 3.84. The van der Waals surface area contributed by atoms with Gasteiger partial charge in [0.05, 0.1) is 12.8 Å². The van der Waals surface area contributed by atoms with Gasteiger partial charge in [-0.25, -0.2) is 4.98 Å². The Labute approximate surface area is 171 Å². The van der Waals surface area contributed by atoms with Crippen LogP contribution in [0.3, 0.4) is 0 Å². The number of ether oxygens (including phenoxy) is 1. The highest BCUT2D eigenvalue weighted by molar-refractivity contribution is 7.13. The number of methoxy groups -OCH3 is 1. The lowest BCUT2D eigenvalue weighted by Gasteiger charge is -2.07. The molecule has 6 nitrogen and oxygen atoms in total. The minimum absolute atomic E-state index is 0.314. The first-order valence-corrected chi connectivity index (χ1v) is 9.74. The fraction of sp³-hybridized carbons (Fsp3) is 0.150. The van der Waals surface area contributed by atoms with E-state index in [9.17, 15) is 9.59 Å². The van der Waals surface area contributed by atoms with Crippen molar-refractivity contribution in [2.75, 3.05) is 19.0 Å². The van der Waals surface area contributed by atoms with Gasteiger partial charge in [0, 0.05) is 40.7 Å². The lowest BCUT2D eigenvalue weighted by atomic mass is 10.2. The fourth-order valence-electron chi connectivity index (χ4n) is 2.42. The Morgan fingerprint density at radius 1 is 1.14 bits per heavy atom. The zero-order valence-corrected chi connectivity index (χ0v) is 16.6. The van der Waals surface area contributed by atoms with Gasteiger partial charge >= 0.3 is 11.8 Å². The summed E-state index contributed by atoms with van der Waals surface area (Å²) in [6.07, 6.45) is 0.530. The first-order valence-electron chi connectivity index (χ1n) is 8.49. The molecule has 28 heavy (non-hydrogen) atoms. The van der Waals surface area contributed by atoms with Gasteiger partial charge in [-0.3, -0.25) is 9.59 Å². The number of anilines is 1. The average molecular weight is 416 g/mol. The molecule has 0 saturated carbocycles. The summed E-state index contributed by atoms with van der Waals surface area (Å²) in [5, 5.41) is 8.64. The second-order valence-electron chi connectivity index (χ2n) is 5.84. The van der Waals surface area contributed by atoms with Gasteiger partial charge in [0.2, 0.25) is 0 Å². The van der Waals surface area contributed by atoms with Crippen LogP contribution in [-0.2, 0) is 16.0 Å². The Bertz CT molecular complexity index is 973. The van der Waals surface area contributed by atoms with E-state index in [2.05, 4.69) is 15.6 Å². The second kappa shape index (κ2) is 9.34. The van der Waals surface area contributed by atoms with Crippen molar-refractivity contribution in [2.24, 2.45) is 0 Å². The van der Waals surface area contributed by atoms with Crippen LogP contribution < -0.4 is 15.4 Å². The average Bonchev–Trinajstić information content (AvgIpc) is 3.17. The number of hydrogen-bond donors (Lipinski definition) is 2. The molecule has 0 aliphatic heterocycles. The van der Waals surface area contributed by atoms with Crippen LogP contribution in [0.15, 0.2) is 53.9 Å². The van der Waals surface area contributed by atoms with E-state index >= 15 is 0 Å². The van der Waals surface area contributed by atoms with Crippen molar-refractivity contribution in [1.29, 1.82) is 0 Å². The Balaban J connectivity index is 1.48. The molecule has 0 unspecified atom stereocenters. The Kier molecular flexibility index (Phi) is 6.62. The Hall–Kier alpha value is -2.90. The van der Waals surface area contributed by atoms with E-state index in [1.54, 1.807) is 24.3 Å². The molecule has 0 aliphatic rings. The van der Waals surface area contributed by atoms with Crippen LogP contribution in [-0.4, -0.2) is 30.5 Å². The predicted molar refractivity (Wildman–Crippen MR) is 111 cm³/mol. The summed E-state index contributed by atoms with van der Waals surface area (Å²) in [6, 6.07) is 14.3. The first kappa shape index (κ1) is 19.9. The molecule has 8 heteroatoms. The minimum Gasteiger partial charge on any atom is -0.497 e. The zero-order valence-electron chi connectivity index (χ0n) is 15.1. The topological polar surface area (TPSA) is 80.3 Å². The van der Waals surface area contributed by atoms with Crippen LogP contribution in [0.4, 0.5) is 5.69 Å². The van der Waals surface area contributed by atoms with Crippen molar-refractivity contribution in [3.63, 3.8) is 0 Å². The van der Waals surface area contributed by atoms with E-state index in [0.717, 1.165) is 16.3 Å². The third-order valence-corrected chi connectivity index (χ3v) is 5.04. The maximum atomic E-state index is 12.0. The highest BCUT2D eigenvalue weighted by Crippen LogP contribution is 2.25. The third kappa shape index (κ3) is 5.31. The maximum absolute atomic E-state index is 12.0. The molecule has 0 saturated heterocycles. The molecule has 2 N–H and O–H groups in total. The number of amides is 2. The molecule has 0 spiro atoms. The standard InChI is InChI=1S/C20H18ClN3O3S/c1-27-17-4-2-3-15(11-17)23-19(26)18(25)22-10-9-16-12-28-20(24-16)13-5-7-14(21)8-6-13/h2-8,11-12H,9-10H2,1H3,(H,22,25)(H,23,26). The number of nitrogens with one attached hydrogen (secondary N) is 2. The highest BCUT2D eigenvalue weighted by atomic mass is 35.5. The number of benzene rings is 2. The van der Waals surface area contributed by atoms with Crippen LogP contribution in [0, 0.1) is 0 Å². The van der Waals surface area contributed by atoms with Gasteiger partial charge in [-0.05, 0) is 24.3 Å². The van der Waals surface area contributed by atoms with Crippen LogP contribution in [0.5, 0.6) is 5.75 Å². The van der Waals surface area contributed by atoms with Gasteiger partial charge in [0.1, 0.15) is 10.8 Å². The Morgan fingerprint density at radius 3 is 2.68 bits per heavy atom. The Morgan fingerprint density at radius 2 is 1.93 bits per heavy atom. The normalized spacial score (nSPS) is 10.4. The molecule has 0 bridgehead atoms. The summed E-state index contributed by atoms with van der Waals surface area (Å²) >= 11 is 7.42. The van der Waals surface area contributed by atoms with Crippen molar-refractivity contribution >= 4 is 40.4 Å². The number of aromatic nitrogens is 1. The van der Waals surface area contributed by atoms with Crippen LogP contribution in [0.2, 0.25) is 5.02 Å². The molecule has 0 atom stereocenters. The van der Waals surface area contributed by atoms with E-state index in [0.29, 0.717) is 29.4 Å². The number of thiazole rings is 1. The number of halogens is 1. The molecule has 0 radical (unpaired) electrons. The van der Waals surface area contributed by atoms with Crippen molar-refractivity contribution in [3.8, 4) is 16.3 Å². The zero-order chi connectivity index (χ0) is 19.9. The number of carbonyl (C=O) groups excluding carboxylic acids is 2. The van der Waals surface area contributed by atoms with Gasteiger partial charge in [0.25, 0.3) is 0 Å². The van der Waals surface area contributed by atoms with E-state index in [4.69, 9.17) is 16.3 Å². The first-order chi connectivity index (χ1) is 13.5. The molecular weight excluding hydrogens is 398 g/mol. The summed E-state index contributed by atoms with van der Waals surface area (Å²) in [5.41, 5.74) is 2.33. The van der Waals surface area contributed by atoms with Crippen molar-refractivity contribution in [3.05, 3.63) is 64.6 Å². The van der Waals surface area contributed by atoms with E-state index < -0.39 is 11.8 Å². The molecule has 2 amide bonds. The minimum atomic E-state index is -0.728. The highest BCUT2D eigenvalue weighted by Gasteiger charge is 2.14. The number of hydrogen-bond acceptors (Lipinski definition) is 5. The molecule has 2 aromatic carbocycles. The SMILES string of the molecule is COc1cccc(NC(=O)C(=O)NCCc2csc(-c3ccc(Cl)cc3)n2)c1. The van der Waals surface area contributed by atoms with Crippen molar-refractivity contribution in [1.82, 2.24) is 10.3 Å². The number of carbonyl (C=O) groups is 2. The number of nitrogens with zero attached hydrogens (tertiary/aromatic N) is 1. The summed E-state index contributed by atoms with van der Waals surface area (Å²) in [4.78, 5) is 28.5. The lowest BCUT2D eigenvalue weighted by molar-refractivity contribution is -0.136. The quantitative estimate of drug-likeness (QED) is 0.600. The summed E-state index contributed by atoms with van der Waals surface area (Å²) in [7, 11) is 1.53. The summed E-state index contributed by atoms with van der Waals surface area (Å²) in [6.45, 7) is 0.314. The largest absolute Gasteiger partial charge is 0.497 e. The molecular formula is C20H18ClN3O3S. The molecule has 1 heterocycles. The van der Waals surface area contributed by atoms with Gasteiger partial charge in [0.15, 0.2) is 0 Å². The van der Waals surface area contributed by atoms with Crippen LogP contribution in [0.1, 0.15) is 5.69 Å². The van der Waals surface area contributed by atoms with E-state index in [-0.39, 0.29) is 0 Å². The summed E-state index contributed by atoms with van der Waals surface area (Å²) < 4.78 is 5.09. The van der Waals surface area contributed by atoms with Crippen molar-refractivity contribution in [2.45, 2.75) is 6.42 Å². The smallest absolute Gasteiger partial charge is 0.313 e. The lowest BCUT2D eigenvalue weighted by Crippen LogP contribution is -2.36. The van der Waals surface area contributed by atoms with Crippen molar-refractivity contribution < 1.29 is 14.3 Å². The maximum Gasteiger partial charge on any atom is 0.313 e. The van der Waals surface area contributed by atoms with Gasteiger partial charge in [-0.2, -0.15) is 0 Å². The van der Waals surface area contributed by atoms with Gasteiger partial charge in [-0.15, -0.1) is 11.3 Å². The van der Waals surface area contributed by atoms with E-state index in [1.165, 1.54) is 18.4 Å². The van der Waals surface area contributed by atoms with Gasteiger partial charge < -0.3 is 15.4 Å². The molecule has 0 aliphatic carbocycles. The predicted octanol–water partition coefficient (Wildman–Crippen LogP) is 3.77. The van der Waals surface area contributed by atoms with E-state index in [1.807, 2.05) is 29.6 Å². The van der Waals surface area contributed by atoms with Crippen LogP contribution in [0.25, 0.3) is 10.6 Å². The molecule has 1 aromatic heterocycles. The van der Waals surface area contributed by atoms with Crippen LogP contribution >= 0.6 is 22.9 Å². The fourth-order valence-corrected chi connectivity index (χ4v) is 3.41. The molecule has 0 fully saturated rings. The summed E-state index contributed by atoms with van der Waals surface area (Å²) in [5.74, 6) is -0.831. The molecule has 144 valence electrons. The number of rotatable bonds is 6. The molecule has 3 aromatic rings. The van der Waals surface area contributed by atoms with Gasteiger partial charge in [-0.1, -0.05) is 29.8 Å². The monoisotopic (exact) mass is 415 g/mol. The molecule has 3 rings (SSSR count). The second-order valence-corrected chi connectivity index (χ2v) is 7.14.